The second-order valence-electron chi connectivity index (χ2n) is 6.51. The maximum Gasteiger partial charge on any atom is 0.255 e. The van der Waals surface area contributed by atoms with Gasteiger partial charge in [-0.3, -0.25) is 14.7 Å². The molecule has 0 bridgehead atoms. The highest BCUT2D eigenvalue weighted by atomic mass is 16.2. The zero-order chi connectivity index (χ0) is 17.4. The number of aromatic nitrogens is 2. The van der Waals surface area contributed by atoms with E-state index in [0.717, 1.165) is 17.3 Å². The van der Waals surface area contributed by atoms with E-state index < -0.39 is 0 Å². The van der Waals surface area contributed by atoms with Crippen molar-refractivity contribution in [2.24, 2.45) is 11.8 Å². The van der Waals surface area contributed by atoms with E-state index in [1.54, 1.807) is 30.5 Å². The molecule has 25 heavy (non-hydrogen) atoms. The quantitative estimate of drug-likeness (QED) is 0.683. The second-order valence-corrected chi connectivity index (χ2v) is 6.51. The van der Waals surface area contributed by atoms with Gasteiger partial charge in [0.25, 0.3) is 5.91 Å². The van der Waals surface area contributed by atoms with Crippen molar-refractivity contribution < 1.29 is 9.59 Å². The Morgan fingerprint density at radius 3 is 2.52 bits per heavy atom. The molecular formula is C19H18N4O2. The van der Waals surface area contributed by atoms with Crippen LogP contribution in [0, 0.1) is 11.8 Å². The van der Waals surface area contributed by atoms with E-state index in [9.17, 15) is 9.59 Å². The molecule has 1 fully saturated rings. The molecule has 126 valence electrons. The largest absolute Gasteiger partial charge is 0.326 e. The number of amides is 2. The number of nitrogens with zero attached hydrogens (tertiary/aromatic N) is 1. The van der Waals surface area contributed by atoms with Gasteiger partial charge in [0.1, 0.15) is 0 Å². The predicted octanol–water partition coefficient (Wildman–Crippen LogP) is 3.41. The summed E-state index contributed by atoms with van der Waals surface area (Å²) in [6.07, 6.45) is 2.68. The first-order valence-corrected chi connectivity index (χ1v) is 8.25. The second kappa shape index (κ2) is 6.05. The summed E-state index contributed by atoms with van der Waals surface area (Å²) >= 11 is 0. The Labute approximate surface area is 144 Å². The summed E-state index contributed by atoms with van der Waals surface area (Å²) < 4.78 is 0. The van der Waals surface area contributed by atoms with Crippen LogP contribution in [0.1, 0.15) is 23.7 Å². The third-order valence-electron chi connectivity index (χ3n) is 4.56. The number of anilines is 2. The zero-order valence-electron chi connectivity index (χ0n) is 13.7. The third-order valence-corrected chi connectivity index (χ3v) is 4.56. The smallest absolute Gasteiger partial charge is 0.255 e. The van der Waals surface area contributed by atoms with Crippen LogP contribution in [-0.2, 0) is 4.79 Å². The van der Waals surface area contributed by atoms with Gasteiger partial charge < -0.3 is 10.6 Å². The minimum absolute atomic E-state index is 0.0533. The average molecular weight is 334 g/mol. The van der Waals surface area contributed by atoms with Crippen molar-refractivity contribution in [1.29, 1.82) is 0 Å². The number of benzene rings is 2. The Bertz CT molecular complexity index is 945. The van der Waals surface area contributed by atoms with Crippen LogP contribution in [0.15, 0.2) is 48.7 Å². The predicted molar refractivity (Wildman–Crippen MR) is 96.4 cm³/mol. The van der Waals surface area contributed by atoms with Gasteiger partial charge >= 0.3 is 0 Å². The molecule has 1 heterocycles. The molecule has 6 heteroatoms. The van der Waals surface area contributed by atoms with Gasteiger partial charge in [0, 0.05) is 28.2 Å². The summed E-state index contributed by atoms with van der Waals surface area (Å²) in [4.78, 5) is 24.3. The summed E-state index contributed by atoms with van der Waals surface area (Å²) in [5.74, 6) is 0.447. The van der Waals surface area contributed by atoms with Crippen molar-refractivity contribution in [3.8, 4) is 0 Å². The van der Waals surface area contributed by atoms with Crippen molar-refractivity contribution in [2.75, 3.05) is 10.6 Å². The Morgan fingerprint density at radius 1 is 1.08 bits per heavy atom. The number of carbonyl (C=O) groups is 2. The van der Waals surface area contributed by atoms with Crippen molar-refractivity contribution >= 4 is 34.1 Å². The molecule has 1 aliphatic rings. The number of carbonyl (C=O) groups excluding carboxylic acids is 2. The van der Waals surface area contributed by atoms with Crippen LogP contribution >= 0.6 is 0 Å². The first-order valence-electron chi connectivity index (χ1n) is 8.25. The van der Waals surface area contributed by atoms with Crippen LogP contribution in [-0.4, -0.2) is 22.0 Å². The lowest BCUT2D eigenvalue weighted by Gasteiger charge is -2.07. The molecule has 2 aromatic carbocycles. The summed E-state index contributed by atoms with van der Waals surface area (Å²) in [6.45, 7) is 2.07. The van der Waals surface area contributed by atoms with E-state index in [0.29, 0.717) is 22.9 Å². The molecule has 0 radical (unpaired) electrons. The van der Waals surface area contributed by atoms with Crippen LogP contribution in [0.25, 0.3) is 10.9 Å². The molecule has 6 nitrogen and oxygen atoms in total. The third kappa shape index (κ3) is 3.24. The maximum absolute atomic E-state index is 12.4. The summed E-state index contributed by atoms with van der Waals surface area (Å²) in [5, 5.41) is 13.6. The number of hydrogen-bond donors (Lipinski definition) is 3. The molecule has 0 saturated heterocycles. The molecule has 1 aromatic heterocycles. The van der Waals surface area contributed by atoms with Gasteiger partial charge in [-0.15, -0.1) is 0 Å². The first kappa shape index (κ1) is 15.4. The monoisotopic (exact) mass is 334 g/mol. The topological polar surface area (TPSA) is 86.9 Å². The minimum atomic E-state index is -0.201. The lowest BCUT2D eigenvalue weighted by molar-refractivity contribution is -0.117. The molecular weight excluding hydrogens is 316 g/mol. The Hall–Kier alpha value is -3.15. The summed E-state index contributed by atoms with van der Waals surface area (Å²) in [5.41, 5.74) is 2.80. The first-order chi connectivity index (χ1) is 12.1. The van der Waals surface area contributed by atoms with Crippen LogP contribution in [0.4, 0.5) is 11.4 Å². The molecule has 3 N–H and O–H groups in total. The highest BCUT2D eigenvalue weighted by Crippen LogP contribution is 2.38. The highest BCUT2D eigenvalue weighted by molar-refractivity contribution is 6.05. The Kier molecular flexibility index (Phi) is 3.72. The van der Waals surface area contributed by atoms with Crippen LogP contribution in [0.2, 0.25) is 0 Å². The molecule has 2 atom stereocenters. The normalized spacial score (nSPS) is 18.8. The fourth-order valence-corrected chi connectivity index (χ4v) is 2.85. The van der Waals surface area contributed by atoms with Crippen molar-refractivity contribution in [3.63, 3.8) is 0 Å². The van der Waals surface area contributed by atoms with Gasteiger partial charge in [0.2, 0.25) is 5.91 Å². The molecule has 0 spiro atoms. The molecule has 4 rings (SSSR count). The number of nitrogens with one attached hydrogen (secondary N) is 3. The number of fused-ring (bicyclic) bond motifs is 1. The fraction of sp³-hybridized carbons (Fsp3) is 0.211. The van der Waals surface area contributed by atoms with E-state index in [1.807, 2.05) is 18.2 Å². The molecule has 3 aromatic rings. The van der Waals surface area contributed by atoms with Gasteiger partial charge in [-0.05, 0) is 54.8 Å². The lowest BCUT2D eigenvalue weighted by Crippen LogP contribution is -2.15. The molecule has 1 aliphatic carbocycles. The Morgan fingerprint density at radius 2 is 1.80 bits per heavy atom. The van der Waals surface area contributed by atoms with E-state index >= 15 is 0 Å². The molecule has 0 aliphatic heterocycles. The maximum atomic E-state index is 12.4. The van der Waals surface area contributed by atoms with Gasteiger partial charge in [0.15, 0.2) is 0 Å². The van der Waals surface area contributed by atoms with Crippen molar-refractivity contribution in [3.05, 3.63) is 54.2 Å². The fourth-order valence-electron chi connectivity index (χ4n) is 2.85. The van der Waals surface area contributed by atoms with E-state index in [4.69, 9.17) is 0 Å². The van der Waals surface area contributed by atoms with Crippen LogP contribution in [0.3, 0.4) is 0 Å². The van der Waals surface area contributed by atoms with E-state index in [1.165, 1.54) is 0 Å². The molecule has 2 amide bonds. The number of rotatable bonds is 4. The van der Waals surface area contributed by atoms with E-state index in [-0.39, 0.29) is 17.7 Å². The summed E-state index contributed by atoms with van der Waals surface area (Å²) in [7, 11) is 0. The molecule has 1 saturated carbocycles. The van der Waals surface area contributed by atoms with Gasteiger partial charge in [-0.1, -0.05) is 6.92 Å². The number of aromatic amines is 1. The average Bonchev–Trinajstić information content (AvgIpc) is 3.16. The minimum Gasteiger partial charge on any atom is -0.326 e. The van der Waals surface area contributed by atoms with Crippen molar-refractivity contribution in [1.82, 2.24) is 10.2 Å². The highest BCUT2D eigenvalue weighted by Gasteiger charge is 2.39. The zero-order valence-corrected chi connectivity index (χ0v) is 13.7. The van der Waals surface area contributed by atoms with Crippen LogP contribution in [0.5, 0.6) is 0 Å². The summed E-state index contributed by atoms with van der Waals surface area (Å²) in [6, 6.07) is 12.5. The van der Waals surface area contributed by atoms with Crippen LogP contribution < -0.4 is 10.6 Å². The van der Waals surface area contributed by atoms with Crippen molar-refractivity contribution in [2.45, 2.75) is 13.3 Å². The molecule has 0 unspecified atom stereocenters. The Balaban J connectivity index is 1.42. The SMILES string of the molecule is C[C@H]1C[C@H]1C(=O)Nc1ccc(C(=O)Nc2ccc3cn[nH]c3c2)cc1. The standard InChI is InChI=1S/C19H18N4O2/c1-11-8-16(11)19(25)21-14-5-2-12(3-6-14)18(24)22-15-7-4-13-10-20-23-17(13)9-15/h2-7,9-11,16H,8H2,1H3,(H,20,23)(H,21,25)(H,22,24)/t11-,16+/m0/s1. The number of H-pyrrole nitrogens is 1. The van der Waals surface area contributed by atoms with Gasteiger partial charge in [-0.2, -0.15) is 5.10 Å². The van der Waals surface area contributed by atoms with Gasteiger partial charge in [-0.25, -0.2) is 0 Å². The van der Waals surface area contributed by atoms with Gasteiger partial charge in [0.05, 0.1) is 11.7 Å². The number of hydrogen-bond acceptors (Lipinski definition) is 3. The van der Waals surface area contributed by atoms with E-state index in [2.05, 4.69) is 27.8 Å². The lowest BCUT2D eigenvalue weighted by atomic mass is 10.1.